The average Bonchev–Trinajstić information content (AvgIpc) is 3.61. The summed E-state index contributed by atoms with van der Waals surface area (Å²) in [7, 11) is 0. The third-order valence-electron chi connectivity index (χ3n) is 9.61. The zero-order chi connectivity index (χ0) is 34.5. The molecular formula is C37H42F3N3O6. The number of alkyl halides is 3. The third kappa shape index (κ3) is 8.33. The van der Waals surface area contributed by atoms with Gasteiger partial charge in [0.25, 0.3) is 0 Å². The fourth-order valence-electron chi connectivity index (χ4n) is 6.84. The van der Waals surface area contributed by atoms with Gasteiger partial charge in [-0.25, -0.2) is 0 Å². The minimum absolute atomic E-state index is 0.0325. The van der Waals surface area contributed by atoms with Gasteiger partial charge in [0.05, 0.1) is 32.0 Å². The summed E-state index contributed by atoms with van der Waals surface area (Å²) in [5.74, 6) is -2.53. The Morgan fingerprint density at radius 2 is 1.61 bits per heavy atom. The summed E-state index contributed by atoms with van der Waals surface area (Å²) in [5.41, 5.74) is 5.24. The average molecular weight is 682 g/mol. The van der Waals surface area contributed by atoms with E-state index in [-0.39, 0.29) is 44.2 Å². The zero-order valence-electron chi connectivity index (χ0n) is 27.4. The summed E-state index contributed by atoms with van der Waals surface area (Å²) in [6.45, 7) is 5.91. The van der Waals surface area contributed by atoms with E-state index < -0.39 is 30.3 Å². The summed E-state index contributed by atoms with van der Waals surface area (Å²) in [4.78, 5) is 27.7. The van der Waals surface area contributed by atoms with E-state index in [4.69, 9.17) is 14.2 Å². The smallest absolute Gasteiger partial charge is 0.392 e. The van der Waals surface area contributed by atoms with E-state index in [2.05, 4.69) is 17.1 Å². The Hall–Kier alpha value is -3.81. The molecule has 262 valence electrons. The van der Waals surface area contributed by atoms with Gasteiger partial charge < -0.3 is 29.5 Å². The lowest BCUT2D eigenvalue weighted by Gasteiger charge is -2.43. The van der Waals surface area contributed by atoms with Crippen molar-refractivity contribution in [2.75, 3.05) is 39.4 Å². The van der Waals surface area contributed by atoms with Gasteiger partial charge >= 0.3 is 12.1 Å². The molecule has 2 amide bonds. The highest BCUT2D eigenvalue weighted by Crippen LogP contribution is 2.42. The van der Waals surface area contributed by atoms with E-state index in [1.165, 1.54) is 0 Å². The van der Waals surface area contributed by atoms with Crippen LogP contribution in [0.4, 0.5) is 13.2 Å². The van der Waals surface area contributed by atoms with Gasteiger partial charge in [0, 0.05) is 44.2 Å². The number of aliphatic hydroxyl groups is 1. The van der Waals surface area contributed by atoms with E-state index >= 15 is 0 Å². The van der Waals surface area contributed by atoms with Crippen LogP contribution in [-0.4, -0.2) is 84.4 Å². The number of carbonyl (C=O) groups is 2. The lowest BCUT2D eigenvalue weighted by molar-refractivity contribution is -0.277. The predicted molar refractivity (Wildman–Crippen MR) is 175 cm³/mol. The van der Waals surface area contributed by atoms with E-state index in [9.17, 15) is 27.9 Å². The maximum absolute atomic E-state index is 13.0. The second-order valence-corrected chi connectivity index (χ2v) is 12.9. The topological polar surface area (TPSA) is 101 Å². The van der Waals surface area contributed by atoms with Crippen molar-refractivity contribution < 1.29 is 42.1 Å². The highest BCUT2D eigenvalue weighted by atomic mass is 19.4. The summed E-state index contributed by atoms with van der Waals surface area (Å²) in [6.07, 6.45) is -5.49. The van der Waals surface area contributed by atoms with Gasteiger partial charge in [0.1, 0.15) is 6.04 Å². The number of halogens is 3. The van der Waals surface area contributed by atoms with Crippen LogP contribution in [0.3, 0.4) is 0 Å². The Balaban J connectivity index is 1.18. The first-order valence-electron chi connectivity index (χ1n) is 16.8. The monoisotopic (exact) mass is 681 g/mol. The molecular weight excluding hydrogens is 639 g/mol. The molecule has 3 heterocycles. The van der Waals surface area contributed by atoms with Crippen molar-refractivity contribution >= 4 is 11.8 Å². The highest BCUT2D eigenvalue weighted by molar-refractivity contribution is 5.90. The molecule has 3 saturated heterocycles. The Kier molecular flexibility index (Phi) is 11.0. The van der Waals surface area contributed by atoms with Crippen LogP contribution in [-0.2, 0) is 37.0 Å². The van der Waals surface area contributed by atoms with Gasteiger partial charge in [-0.2, -0.15) is 13.2 Å². The Labute approximate surface area is 283 Å². The molecule has 0 spiro atoms. The number of likely N-dealkylation sites (tertiary alicyclic amines) is 1. The quantitative estimate of drug-likeness (QED) is 0.323. The molecule has 3 aliphatic rings. The van der Waals surface area contributed by atoms with E-state index in [0.717, 1.165) is 53.0 Å². The van der Waals surface area contributed by atoms with Crippen molar-refractivity contribution in [1.82, 2.24) is 15.1 Å². The molecule has 0 radical (unpaired) electrons. The number of hydrogen-bond donors (Lipinski definition) is 2. The molecule has 0 saturated carbocycles. The fraction of sp³-hybridized carbons (Fsp3) is 0.459. The zero-order valence-corrected chi connectivity index (χ0v) is 27.4. The largest absolute Gasteiger partial charge is 0.471 e. The number of ether oxygens (including phenoxy) is 3. The lowest BCUT2D eigenvalue weighted by Crippen LogP contribution is -2.50. The SMILES string of the molecule is C[C@@H]1[C@H](CN2CCOCC2)O[C@H](c2cccc(-c3cccc(CNC(=O)[C@@H]4CCCN4C(=O)C(F)(F)F)c3)c2)O[C@@H]1c1ccc(CO)cc1. The normalized spacial score (nSPS) is 24.9. The van der Waals surface area contributed by atoms with Crippen molar-refractivity contribution in [3.05, 3.63) is 95.1 Å². The molecule has 3 fully saturated rings. The van der Waals surface area contributed by atoms with Crippen molar-refractivity contribution in [3.63, 3.8) is 0 Å². The molecule has 0 bridgehead atoms. The molecule has 6 rings (SSSR count). The number of rotatable bonds is 9. The molecule has 9 nitrogen and oxygen atoms in total. The number of carbonyl (C=O) groups excluding carboxylic acids is 2. The summed E-state index contributed by atoms with van der Waals surface area (Å²) in [5, 5.41) is 12.3. The molecule has 0 unspecified atom stereocenters. The number of aliphatic hydroxyl groups excluding tert-OH is 1. The van der Waals surface area contributed by atoms with Crippen molar-refractivity contribution in [2.45, 2.75) is 63.6 Å². The molecule has 0 aromatic heterocycles. The van der Waals surface area contributed by atoms with Crippen LogP contribution in [0.5, 0.6) is 0 Å². The number of benzene rings is 3. The molecule has 49 heavy (non-hydrogen) atoms. The van der Waals surface area contributed by atoms with E-state index in [1.54, 1.807) is 0 Å². The fourth-order valence-corrected chi connectivity index (χ4v) is 6.84. The minimum Gasteiger partial charge on any atom is -0.392 e. The van der Waals surface area contributed by atoms with Crippen LogP contribution in [0.1, 0.15) is 54.4 Å². The van der Waals surface area contributed by atoms with E-state index in [1.807, 2.05) is 72.8 Å². The number of hydrogen-bond acceptors (Lipinski definition) is 7. The number of nitrogens with one attached hydrogen (secondary N) is 1. The van der Waals surface area contributed by atoms with Crippen LogP contribution in [0.25, 0.3) is 11.1 Å². The molecule has 5 atom stereocenters. The second-order valence-electron chi connectivity index (χ2n) is 12.9. The first-order chi connectivity index (χ1) is 23.6. The predicted octanol–water partition coefficient (Wildman–Crippen LogP) is 5.14. The molecule has 3 aliphatic heterocycles. The van der Waals surface area contributed by atoms with Gasteiger partial charge in [-0.05, 0) is 52.8 Å². The summed E-state index contributed by atoms with van der Waals surface area (Å²) < 4.78 is 58.0. The Bertz CT molecular complexity index is 1600. The van der Waals surface area contributed by atoms with Gasteiger partial charge in [0.2, 0.25) is 5.91 Å². The maximum atomic E-state index is 13.0. The van der Waals surface area contributed by atoms with Crippen molar-refractivity contribution in [1.29, 1.82) is 0 Å². The summed E-state index contributed by atoms with van der Waals surface area (Å²) in [6, 6.07) is 22.2. The van der Waals surface area contributed by atoms with E-state index in [0.29, 0.717) is 24.5 Å². The van der Waals surface area contributed by atoms with Crippen LogP contribution < -0.4 is 5.32 Å². The van der Waals surface area contributed by atoms with Crippen LogP contribution in [0.15, 0.2) is 72.8 Å². The number of morpholine rings is 1. The van der Waals surface area contributed by atoms with Gasteiger partial charge in [-0.1, -0.05) is 67.6 Å². The number of amides is 2. The Morgan fingerprint density at radius 3 is 2.33 bits per heavy atom. The molecule has 3 aromatic carbocycles. The van der Waals surface area contributed by atoms with Gasteiger partial charge in [0.15, 0.2) is 6.29 Å². The van der Waals surface area contributed by atoms with Crippen molar-refractivity contribution in [2.24, 2.45) is 5.92 Å². The third-order valence-corrected chi connectivity index (χ3v) is 9.61. The van der Waals surface area contributed by atoms with Gasteiger partial charge in [-0.3, -0.25) is 14.5 Å². The van der Waals surface area contributed by atoms with Crippen LogP contribution >= 0.6 is 0 Å². The van der Waals surface area contributed by atoms with Crippen molar-refractivity contribution in [3.8, 4) is 11.1 Å². The summed E-state index contributed by atoms with van der Waals surface area (Å²) >= 11 is 0. The first kappa shape index (κ1) is 35.0. The standard InChI is InChI=1S/C37H42F3N3O6/c1-24-32(22-42-15-17-47-18-16-42)48-35(49-33(24)27-12-10-25(23-44)11-13-27)30-8-3-7-29(20-30)28-6-2-5-26(19-28)21-41-34(45)31-9-4-14-43(31)36(46)37(38,39)40/h2-3,5-8,10-13,19-20,24,31-33,35,44H,4,9,14-18,21-23H2,1H3,(H,41,45)/t24-,31+,32+,33+,35+/m1/s1. The van der Waals surface area contributed by atoms with Gasteiger partial charge in [-0.15, -0.1) is 0 Å². The molecule has 12 heteroatoms. The maximum Gasteiger partial charge on any atom is 0.471 e. The minimum atomic E-state index is -5.02. The highest BCUT2D eigenvalue weighted by Gasteiger charge is 2.47. The second kappa shape index (κ2) is 15.4. The molecule has 3 aromatic rings. The Morgan fingerprint density at radius 1 is 0.898 bits per heavy atom. The van der Waals surface area contributed by atoms with Crippen LogP contribution in [0, 0.1) is 5.92 Å². The van der Waals surface area contributed by atoms with Crippen LogP contribution in [0.2, 0.25) is 0 Å². The lowest BCUT2D eigenvalue weighted by atomic mass is 9.89. The number of nitrogens with zero attached hydrogens (tertiary/aromatic N) is 2. The molecule has 0 aliphatic carbocycles. The first-order valence-corrected chi connectivity index (χ1v) is 16.8. The molecule has 2 N–H and O–H groups in total.